The molecule has 1 unspecified atom stereocenters. The first-order valence-electron chi connectivity index (χ1n) is 4.72. The second-order valence-corrected chi connectivity index (χ2v) is 3.21. The van der Waals surface area contributed by atoms with Crippen LogP contribution in [0.15, 0.2) is 11.6 Å². The number of aliphatic hydroxyl groups is 1. The first kappa shape index (κ1) is 11.7. The third kappa shape index (κ3) is 3.37. The molecule has 0 aromatic carbocycles. The van der Waals surface area contributed by atoms with Crippen molar-refractivity contribution in [3.8, 4) is 0 Å². The van der Waals surface area contributed by atoms with Crippen molar-refractivity contribution in [2.75, 3.05) is 6.54 Å². The zero-order chi connectivity index (χ0) is 9.56. The summed E-state index contributed by atoms with van der Waals surface area (Å²) in [6.07, 6.45) is 3.63. The van der Waals surface area contributed by atoms with E-state index in [9.17, 15) is 5.11 Å². The SMILES string of the molecule is CCC(CC)C(O)/C(C)=C/CN. The molecule has 0 aliphatic heterocycles. The molecule has 0 spiro atoms. The lowest BCUT2D eigenvalue weighted by atomic mass is 9.92. The monoisotopic (exact) mass is 171 g/mol. The molecule has 0 aliphatic rings. The van der Waals surface area contributed by atoms with Crippen LogP contribution in [0.5, 0.6) is 0 Å². The van der Waals surface area contributed by atoms with Crippen LogP contribution in [-0.2, 0) is 0 Å². The van der Waals surface area contributed by atoms with Crippen molar-refractivity contribution in [2.45, 2.75) is 39.7 Å². The predicted octanol–water partition coefficient (Wildman–Crippen LogP) is 1.69. The van der Waals surface area contributed by atoms with Gasteiger partial charge in [-0.15, -0.1) is 0 Å². The van der Waals surface area contributed by atoms with Gasteiger partial charge in [0.25, 0.3) is 0 Å². The van der Waals surface area contributed by atoms with Crippen molar-refractivity contribution in [1.82, 2.24) is 0 Å². The molecule has 0 radical (unpaired) electrons. The van der Waals surface area contributed by atoms with E-state index in [-0.39, 0.29) is 6.10 Å². The van der Waals surface area contributed by atoms with Gasteiger partial charge in [0.05, 0.1) is 6.10 Å². The molecule has 2 nitrogen and oxygen atoms in total. The fraction of sp³-hybridized carbons (Fsp3) is 0.800. The molecule has 0 bridgehead atoms. The predicted molar refractivity (Wildman–Crippen MR) is 52.9 cm³/mol. The van der Waals surface area contributed by atoms with Crippen LogP contribution < -0.4 is 5.73 Å². The lowest BCUT2D eigenvalue weighted by molar-refractivity contribution is 0.135. The second-order valence-electron chi connectivity index (χ2n) is 3.21. The molecule has 0 rings (SSSR count). The van der Waals surface area contributed by atoms with Gasteiger partial charge in [-0.3, -0.25) is 0 Å². The minimum absolute atomic E-state index is 0.302. The fourth-order valence-corrected chi connectivity index (χ4v) is 1.41. The minimum Gasteiger partial charge on any atom is -0.388 e. The van der Waals surface area contributed by atoms with Crippen molar-refractivity contribution >= 4 is 0 Å². The van der Waals surface area contributed by atoms with Crippen LogP contribution >= 0.6 is 0 Å². The second kappa shape index (κ2) is 6.21. The molecule has 72 valence electrons. The van der Waals surface area contributed by atoms with Gasteiger partial charge in [-0.05, 0) is 18.4 Å². The molecule has 0 amide bonds. The van der Waals surface area contributed by atoms with Crippen molar-refractivity contribution in [3.05, 3.63) is 11.6 Å². The summed E-state index contributed by atoms with van der Waals surface area (Å²) in [5.74, 6) is 0.382. The lowest BCUT2D eigenvalue weighted by Gasteiger charge is -2.20. The van der Waals surface area contributed by atoms with Gasteiger partial charge in [0.1, 0.15) is 0 Å². The topological polar surface area (TPSA) is 46.2 Å². The number of aliphatic hydroxyl groups excluding tert-OH is 1. The summed E-state index contributed by atoms with van der Waals surface area (Å²) in [6, 6.07) is 0. The third-order valence-electron chi connectivity index (χ3n) is 2.40. The van der Waals surface area contributed by atoms with Crippen molar-refractivity contribution in [1.29, 1.82) is 0 Å². The van der Waals surface area contributed by atoms with Crippen molar-refractivity contribution in [2.24, 2.45) is 11.7 Å². The Labute approximate surface area is 75.5 Å². The van der Waals surface area contributed by atoms with E-state index < -0.39 is 0 Å². The van der Waals surface area contributed by atoms with E-state index in [4.69, 9.17) is 5.73 Å². The molecular formula is C10H21NO. The number of hydrogen-bond acceptors (Lipinski definition) is 2. The minimum atomic E-state index is -0.302. The highest BCUT2D eigenvalue weighted by atomic mass is 16.3. The molecule has 0 fully saturated rings. The van der Waals surface area contributed by atoms with Crippen LogP contribution in [0.25, 0.3) is 0 Å². The quantitative estimate of drug-likeness (QED) is 0.618. The van der Waals surface area contributed by atoms with E-state index in [0.717, 1.165) is 18.4 Å². The van der Waals surface area contributed by atoms with Gasteiger partial charge in [0, 0.05) is 6.54 Å². The van der Waals surface area contributed by atoms with E-state index in [1.165, 1.54) is 0 Å². The Morgan fingerprint density at radius 2 is 1.92 bits per heavy atom. The molecule has 3 N–H and O–H groups in total. The van der Waals surface area contributed by atoms with Gasteiger partial charge in [-0.25, -0.2) is 0 Å². The van der Waals surface area contributed by atoms with Crippen LogP contribution in [0.4, 0.5) is 0 Å². The number of nitrogens with two attached hydrogens (primary N) is 1. The molecular weight excluding hydrogens is 150 g/mol. The summed E-state index contributed by atoms with van der Waals surface area (Å²) < 4.78 is 0. The molecule has 0 saturated heterocycles. The smallest absolute Gasteiger partial charge is 0.0775 e. The van der Waals surface area contributed by atoms with E-state index in [2.05, 4.69) is 13.8 Å². The van der Waals surface area contributed by atoms with Crippen LogP contribution in [0, 0.1) is 5.92 Å². The summed E-state index contributed by atoms with van der Waals surface area (Å²) >= 11 is 0. The summed E-state index contributed by atoms with van der Waals surface area (Å²) in [7, 11) is 0. The maximum Gasteiger partial charge on any atom is 0.0775 e. The molecule has 1 atom stereocenters. The number of hydrogen-bond donors (Lipinski definition) is 2. The molecule has 0 aromatic rings. The Morgan fingerprint density at radius 3 is 2.25 bits per heavy atom. The van der Waals surface area contributed by atoms with Gasteiger partial charge in [-0.1, -0.05) is 32.8 Å². The van der Waals surface area contributed by atoms with Crippen LogP contribution in [-0.4, -0.2) is 17.8 Å². The maximum atomic E-state index is 9.78. The van der Waals surface area contributed by atoms with Crippen molar-refractivity contribution in [3.63, 3.8) is 0 Å². The van der Waals surface area contributed by atoms with Crippen LogP contribution in [0.3, 0.4) is 0 Å². The summed E-state index contributed by atoms with van der Waals surface area (Å²) in [5, 5.41) is 9.78. The Bertz CT molecular complexity index is 139. The van der Waals surface area contributed by atoms with E-state index in [1.807, 2.05) is 13.0 Å². The zero-order valence-corrected chi connectivity index (χ0v) is 8.38. The zero-order valence-electron chi connectivity index (χ0n) is 8.38. The van der Waals surface area contributed by atoms with Crippen molar-refractivity contribution < 1.29 is 5.11 Å². The largest absolute Gasteiger partial charge is 0.388 e. The normalized spacial score (nSPS) is 15.3. The molecule has 12 heavy (non-hydrogen) atoms. The molecule has 0 heterocycles. The van der Waals surface area contributed by atoms with E-state index >= 15 is 0 Å². The Morgan fingerprint density at radius 1 is 1.42 bits per heavy atom. The highest BCUT2D eigenvalue weighted by molar-refractivity contribution is 5.06. The summed E-state index contributed by atoms with van der Waals surface area (Å²) in [4.78, 5) is 0. The Kier molecular flexibility index (Phi) is 6.03. The van der Waals surface area contributed by atoms with Gasteiger partial charge in [-0.2, -0.15) is 0 Å². The van der Waals surface area contributed by atoms with Gasteiger partial charge >= 0.3 is 0 Å². The summed E-state index contributed by atoms with van der Waals surface area (Å²) in [5.41, 5.74) is 6.37. The first-order chi connectivity index (χ1) is 5.67. The van der Waals surface area contributed by atoms with Gasteiger partial charge in [0.2, 0.25) is 0 Å². The molecule has 0 saturated carbocycles. The third-order valence-corrected chi connectivity index (χ3v) is 2.40. The van der Waals surface area contributed by atoms with Crippen LogP contribution in [0.2, 0.25) is 0 Å². The van der Waals surface area contributed by atoms with Gasteiger partial charge in [0.15, 0.2) is 0 Å². The Balaban J connectivity index is 4.14. The standard InChI is InChI=1S/C10H21NO/c1-4-9(5-2)10(12)8(3)6-7-11/h6,9-10,12H,4-5,7,11H2,1-3H3/b8-6+. The average Bonchev–Trinajstić information content (AvgIpc) is 2.07. The van der Waals surface area contributed by atoms with E-state index in [0.29, 0.717) is 12.5 Å². The lowest BCUT2D eigenvalue weighted by Crippen LogP contribution is -2.21. The van der Waals surface area contributed by atoms with E-state index in [1.54, 1.807) is 0 Å². The highest BCUT2D eigenvalue weighted by Crippen LogP contribution is 2.18. The van der Waals surface area contributed by atoms with Gasteiger partial charge < -0.3 is 10.8 Å². The molecule has 0 aromatic heterocycles. The highest BCUT2D eigenvalue weighted by Gasteiger charge is 2.16. The molecule has 0 aliphatic carbocycles. The first-order valence-corrected chi connectivity index (χ1v) is 4.72. The Hall–Kier alpha value is -0.340. The fourth-order valence-electron chi connectivity index (χ4n) is 1.41. The number of rotatable bonds is 5. The summed E-state index contributed by atoms with van der Waals surface area (Å²) in [6.45, 7) is 6.67. The van der Waals surface area contributed by atoms with Crippen LogP contribution in [0.1, 0.15) is 33.6 Å². The maximum absolute atomic E-state index is 9.78. The molecule has 2 heteroatoms. The average molecular weight is 171 g/mol.